The van der Waals surface area contributed by atoms with E-state index in [1.54, 1.807) is 35.2 Å². The van der Waals surface area contributed by atoms with Crippen LogP contribution in [0.4, 0.5) is 20.2 Å². The lowest BCUT2D eigenvalue weighted by Gasteiger charge is -2.47. The van der Waals surface area contributed by atoms with Crippen molar-refractivity contribution in [3.63, 3.8) is 0 Å². The molecule has 46 heavy (non-hydrogen) atoms. The van der Waals surface area contributed by atoms with Crippen molar-refractivity contribution < 1.29 is 32.5 Å². The van der Waals surface area contributed by atoms with Crippen LogP contribution in [0.2, 0.25) is 19.6 Å². The van der Waals surface area contributed by atoms with Crippen LogP contribution in [-0.2, 0) is 9.53 Å². The van der Waals surface area contributed by atoms with Gasteiger partial charge in [0, 0.05) is 17.8 Å². The molecule has 8 nitrogen and oxygen atoms in total. The van der Waals surface area contributed by atoms with Gasteiger partial charge >= 0.3 is 5.97 Å². The number of carbonyl (C=O) groups is 2. The van der Waals surface area contributed by atoms with Crippen LogP contribution in [0.1, 0.15) is 33.9 Å². The molecule has 0 aromatic heterocycles. The summed E-state index contributed by atoms with van der Waals surface area (Å²) in [5.41, 5.74) is 2.31. The van der Waals surface area contributed by atoms with Crippen LogP contribution in [-0.4, -0.2) is 31.7 Å². The Balaban J connectivity index is 1.42. The molecule has 1 fully saturated rings. The molecule has 1 aliphatic heterocycles. The summed E-state index contributed by atoms with van der Waals surface area (Å²) < 4.78 is 39.1. The Morgan fingerprint density at radius 3 is 2.15 bits per heavy atom. The fraction of sp³-hybridized carbons (Fsp3) is 0.200. The molecule has 1 aliphatic rings. The predicted molar refractivity (Wildman–Crippen MR) is 173 cm³/mol. The fourth-order valence-electron chi connectivity index (χ4n) is 5.30. The smallest absolute Gasteiger partial charge is 0.338 e. The molecular formula is C35H32F2N2O6Si. The average molecular weight is 643 g/mol. The highest BCUT2D eigenvalue weighted by Gasteiger charge is 2.48. The van der Waals surface area contributed by atoms with E-state index in [2.05, 4.69) is 19.6 Å². The van der Waals surface area contributed by atoms with Gasteiger partial charge in [-0.3, -0.25) is 14.9 Å². The minimum atomic E-state index is -1.84. The van der Waals surface area contributed by atoms with E-state index in [-0.39, 0.29) is 36.2 Å². The van der Waals surface area contributed by atoms with Crippen LogP contribution in [0.25, 0.3) is 5.57 Å². The van der Waals surface area contributed by atoms with E-state index in [1.807, 2.05) is 24.3 Å². The SMILES string of the molecule is C[Si](C)(C)Oc1ccc([C@@H]2[C@@H](C/C=C(\COC(=O)c3cccc([N+](=O)[O-])c3)c3ccc(F)cc3)C(=O)N2c2ccc(F)cc2)cc1. The van der Waals surface area contributed by atoms with Crippen molar-refractivity contribution in [2.24, 2.45) is 5.92 Å². The summed E-state index contributed by atoms with van der Waals surface area (Å²) in [7, 11) is -1.84. The fourth-order valence-corrected chi connectivity index (χ4v) is 6.15. The molecule has 0 N–H and O–H groups in total. The molecule has 11 heteroatoms. The number of nitrogens with zero attached hydrogens (tertiary/aromatic N) is 2. The summed E-state index contributed by atoms with van der Waals surface area (Å²) in [6.45, 7) is 6.04. The summed E-state index contributed by atoms with van der Waals surface area (Å²) in [6, 6.07) is 23.8. The topological polar surface area (TPSA) is 99.0 Å². The highest BCUT2D eigenvalue weighted by molar-refractivity contribution is 6.70. The second-order valence-electron chi connectivity index (χ2n) is 11.9. The summed E-state index contributed by atoms with van der Waals surface area (Å²) >= 11 is 0. The van der Waals surface area contributed by atoms with Gasteiger partial charge in [-0.25, -0.2) is 13.6 Å². The maximum Gasteiger partial charge on any atom is 0.338 e. The summed E-state index contributed by atoms with van der Waals surface area (Å²) in [5.74, 6) is -1.55. The molecule has 0 spiro atoms. The van der Waals surface area contributed by atoms with E-state index >= 15 is 0 Å². The molecule has 1 saturated heterocycles. The molecule has 5 rings (SSSR count). The molecule has 4 aromatic rings. The summed E-state index contributed by atoms with van der Waals surface area (Å²) in [5, 5.41) is 11.2. The third-order valence-electron chi connectivity index (χ3n) is 7.45. The first-order valence-electron chi connectivity index (χ1n) is 14.6. The normalized spacial score (nSPS) is 16.5. The third kappa shape index (κ3) is 7.55. The van der Waals surface area contributed by atoms with E-state index in [1.165, 1.54) is 42.5 Å². The number of halogens is 2. The number of benzene rings is 4. The number of anilines is 1. The van der Waals surface area contributed by atoms with Crippen molar-refractivity contribution in [2.45, 2.75) is 32.1 Å². The number of ether oxygens (including phenoxy) is 1. The molecule has 0 radical (unpaired) electrons. The van der Waals surface area contributed by atoms with Crippen molar-refractivity contribution >= 4 is 37.1 Å². The van der Waals surface area contributed by atoms with Crippen LogP contribution < -0.4 is 9.33 Å². The largest absolute Gasteiger partial charge is 0.544 e. The minimum absolute atomic E-state index is 0.0124. The molecule has 4 aromatic carbocycles. The van der Waals surface area contributed by atoms with Gasteiger partial charge in [-0.05, 0) is 97.4 Å². The first-order chi connectivity index (χ1) is 21.9. The zero-order valence-corrected chi connectivity index (χ0v) is 26.5. The minimum Gasteiger partial charge on any atom is -0.544 e. The van der Waals surface area contributed by atoms with Gasteiger partial charge in [-0.15, -0.1) is 0 Å². The van der Waals surface area contributed by atoms with Crippen LogP contribution >= 0.6 is 0 Å². The second-order valence-corrected chi connectivity index (χ2v) is 16.3. The Hall–Kier alpha value is -5.16. The van der Waals surface area contributed by atoms with Gasteiger partial charge in [0.05, 0.1) is 22.4 Å². The molecule has 2 atom stereocenters. The van der Waals surface area contributed by atoms with Crippen LogP contribution in [0.5, 0.6) is 5.75 Å². The summed E-state index contributed by atoms with van der Waals surface area (Å²) in [6.07, 6.45) is 2.05. The van der Waals surface area contributed by atoms with Gasteiger partial charge in [0.1, 0.15) is 24.0 Å². The van der Waals surface area contributed by atoms with Crippen molar-refractivity contribution in [2.75, 3.05) is 11.5 Å². The number of nitro groups is 1. The van der Waals surface area contributed by atoms with Crippen LogP contribution in [0, 0.1) is 27.7 Å². The van der Waals surface area contributed by atoms with E-state index in [9.17, 15) is 28.5 Å². The van der Waals surface area contributed by atoms with E-state index in [4.69, 9.17) is 9.16 Å². The number of β-lactam (4-membered cyclic amide) rings is 1. The predicted octanol–water partition coefficient (Wildman–Crippen LogP) is 8.12. The molecule has 0 saturated carbocycles. The molecule has 0 aliphatic carbocycles. The summed E-state index contributed by atoms with van der Waals surface area (Å²) in [4.78, 5) is 38.6. The van der Waals surface area contributed by atoms with Gasteiger partial charge in [-0.1, -0.05) is 36.4 Å². The number of non-ortho nitro benzene ring substituents is 1. The lowest BCUT2D eigenvalue weighted by molar-refractivity contribution is -0.384. The van der Waals surface area contributed by atoms with Gasteiger partial charge in [-0.2, -0.15) is 0 Å². The molecule has 1 amide bonds. The number of allylic oxidation sites excluding steroid dienone is 1. The zero-order chi connectivity index (χ0) is 33.0. The lowest BCUT2D eigenvalue weighted by atomic mass is 9.79. The monoisotopic (exact) mass is 642 g/mol. The Labute approximate surface area is 266 Å². The number of nitro benzene ring substituents is 1. The Kier molecular flexibility index (Phi) is 9.43. The number of carbonyl (C=O) groups excluding carboxylic acids is 2. The molecular weight excluding hydrogens is 610 g/mol. The quantitative estimate of drug-likeness (QED) is 0.0539. The zero-order valence-electron chi connectivity index (χ0n) is 25.5. The Morgan fingerprint density at radius 1 is 0.913 bits per heavy atom. The van der Waals surface area contributed by atoms with Crippen molar-refractivity contribution in [3.05, 3.63) is 142 Å². The number of amides is 1. The van der Waals surface area contributed by atoms with Crippen LogP contribution in [0.15, 0.2) is 103 Å². The van der Waals surface area contributed by atoms with Crippen molar-refractivity contribution in [1.82, 2.24) is 0 Å². The second kappa shape index (κ2) is 13.5. The molecule has 0 bridgehead atoms. The van der Waals surface area contributed by atoms with E-state index < -0.39 is 36.8 Å². The van der Waals surface area contributed by atoms with Gasteiger partial charge < -0.3 is 14.1 Å². The number of hydrogen-bond donors (Lipinski definition) is 0. The average Bonchev–Trinajstić information content (AvgIpc) is 3.02. The number of rotatable bonds is 11. The molecule has 0 unspecified atom stereocenters. The highest BCUT2D eigenvalue weighted by atomic mass is 28.4. The standard InChI is InChI=1S/C35H32F2N2O6Si/c1-46(2,3)45-31-18-9-24(10-19-31)33-32(34(40)38(33)29-16-14-28(37)15-17-29)20-11-26(23-7-12-27(36)13-8-23)22-44-35(41)25-5-4-6-30(21-25)39(42)43/h4-19,21,32-33H,20,22H2,1-3H3/b26-11+/t32-,33-/m1/s1. The maximum absolute atomic E-state index is 13.8. The Bertz CT molecular complexity index is 1770. The van der Waals surface area contributed by atoms with Crippen LogP contribution in [0.3, 0.4) is 0 Å². The van der Waals surface area contributed by atoms with Gasteiger partial charge in [0.25, 0.3) is 5.69 Å². The highest BCUT2D eigenvalue weighted by Crippen LogP contribution is 2.46. The number of esters is 1. The maximum atomic E-state index is 13.8. The van der Waals surface area contributed by atoms with Crippen molar-refractivity contribution in [3.8, 4) is 5.75 Å². The van der Waals surface area contributed by atoms with Crippen molar-refractivity contribution in [1.29, 1.82) is 0 Å². The Morgan fingerprint density at radius 2 is 1.54 bits per heavy atom. The lowest BCUT2D eigenvalue weighted by Crippen LogP contribution is -2.55. The first kappa shape index (κ1) is 32.2. The first-order valence-corrected chi connectivity index (χ1v) is 18.0. The van der Waals surface area contributed by atoms with E-state index in [0.29, 0.717) is 16.8 Å². The third-order valence-corrected chi connectivity index (χ3v) is 8.30. The van der Waals surface area contributed by atoms with Gasteiger partial charge in [0.2, 0.25) is 14.2 Å². The number of hydrogen-bond acceptors (Lipinski definition) is 6. The molecule has 1 heterocycles. The van der Waals surface area contributed by atoms with E-state index in [0.717, 1.165) is 17.4 Å². The van der Waals surface area contributed by atoms with Gasteiger partial charge in [0.15, 0.2) is 0 Å². The molecule has 236 valence electrons.